The van der Waals surface area contributed by atoms with E-state index in [-0.39, 0.29) is 30.4 Å². The van der Waals surface area contributed by atoms with Gasteiger partial charge < -0.3 is 19.9 Å². The van der Waals surface area contributed by atoms with Crippen molar-refractivity contribution in [1.82, 2.24) is 5.32 Å². The Balaban J connectivity index is 1.54. The topological polar surface area (TPSA) is 79.0 Å². The van der Waals surface area contributed by atoms with E-state index in [4.69, 9.17) is 16.3 Å². The van der Waals surface area contributed by atoms with Crippen molar-refractivity contribution in [2.45, 2.75) is 19.4 Å². The van der Waals surface area contributed by atoms with Crippen LogP contribution in [0.3, 0.4) is 0 Å². The summed E-state index contributed by atoms with van der Waals surface area (Å²) in [5, 5.41) is 2.99. The first-order valence-corrected chi connectivity index (χ1v) is 11.6. The fraction of sp³-hybridized carbons (Fsp3) is 0.348. The third-order valence-corrected chi connectivity index (χ3v) is 6.98. The Bertz CT molecular complexity index is 1070. The molecule has 3 amide bonds. The molecule has 4 rings (SSSR count). The predicted molar refractivity (Wildman–Crippen MR) is 126 cm³/mol. The average molecular weight is 474 g/mol. The van der Waals surface area contributed by atoms with Gasteiger partial charge in [-0.25, -0.2) is 0 Å². The van der Waals surface area contributed by atoms with Crippen LogP contribution in [0.4, 0.5) is 11.4 Å². The summed E-state index contributed by atoms with van der Waals surface area (Å²) in [6, 6.07) is 8.62. The van der Waals surface area contributed by atoms with Crippen LogP contribution in [0.1, 0.15) is 21.7 Å². The summed E-state index contributed by atoms with van der Waals surface area (Å²) in [6.45, 7) is 7.12. The maximum atomic E-state index is 13.2. The molecule has 0 aliphatic carbocycles. The third kappa shape index (κ3) is 4.44. The van der Waals surface area contributed by atoms with E-state index in [1.54, 1.807) is 28.0 Å². The fourth-order valence-electron chi connectivity index (χ4n) is 4.17. The number of nitrogens with one attached hydrogen (secondary N) is 1. The molecule has 2 aliphatic heterocycles. The average Bonchev–Trinajstić information content (AvgIpc) is 3.33. The monoisotopic (exact) mass is 473 g/mol. The number of morpholine rings is 1. The molecule has 2 fully saturated rings. The number of carbonyl (C=O) groups excluding carboxylic acids is 3. The van der Waals surface area contributed by atoms with Crippen molar-refractivity contribution in [1.29, 1.82) is 0 Å². The van der Waals surface area contributed by atoms with Gasteiger partial charge in [0.1, 0.15) is 6.61 Å². The van der Waals surface area contributed by atoms with E-state index in [0.29, 0.717) is 35.3 Å². The highest BCUT2D eigenvalue weighted by atomic mass is 35.5. The molecule has 2 atom stereocenters. The summed E-state index contributed by atoms with van der Waals surface area (Å²) in [4.78, 5) is 42.0. The van der Waals surface area contributed by atoms with Crippen molar-refractivity contribution in [3.05, 3.63) is 57.8 Å². The van der Waals surface area contributed by atoms with Crippen molar-refractivity contribution >= 4 is 52.0 Å². The number of aryl methyl sites for hydroxylation is 1. The van der Waals surface area contributed by atoms with Crippen molar-refractivity contribution in [2.24, 2.45) is 5.92 Å². The lowest BCUT2D eigenvalue weighted by atomic mass is 9.99. The Labute approximate surface area is 195 Å². The number of hydrogen-bond donors (Lipinski definition) is 1. The molecule has 1 aromatic heterocycles. The zero-order valence-electron chi connectivity index (χ0n) is 17.7. The third-order valence-electron chi connectivity index (χ3n) is 5.75. The van der Waals surface area contributed by atoms with Crippen LogP contribution < -0.4 is 15.1 Å². The molecule has 0 bridgehead atoms. The number of thiophene rings is 1. The minimum Gasteiger partial charge on any atom is -0.370 e. The van der Waals surface area contributed by atoms with E-state index in [1.165, 1.54) is 11.3 Å². The van der Waals surface area contributed by atoms with Crippen LogP contribution in [0.15, 0.2) is 43.0 Å². The SMILES string of the molecule is C=CC[C@H]1C(=O)N(c2ccc(N3CCOCC3=O)c(C)c2)C[C@@H]1NC(=O)c1ccc(Cl)s1. The van der Waals surface area contributed by atoms with Crippen LogP contribution in [0.2, 0.25) is 4.34 Å². The van der Waals surface area contributed by atoms with E-state index >= 15 is 0 Å². The first kappa shape index (κ1) is 22.5. The quantitative estimate of drug-likeness (QED) is 0.652. The van der Waals surface area contributed by atoms with Crippen LogP contribution in [0.25, 0.3) is 0 Å². The number of nitrogens with zero attached hydrogens (tertiary/aromatic N) is 2. The second kappa shape index (κ2) is 9.44. The number of amides is 3. The summed E-state index contributed by atoms with van der Waals surface area (Å²) < 4.78 is 5.75. The Hall–Kier alpha value is -2.68. The first-order chi connectivity index (χ1) is 15.4. The van der Waals surface area contributed by atoms with Gasteiger partial charge in [0.05, 0.1) is 27.8 Å². The van der Waals surface area contributed by atoms with Crippen LogP contribution in [-0.2, 0) is 14.3 Å². The molecule has 2 saturated heterocycles. The molecular formula is C23H24ClN3O4S. The summed E-state index contributed by atoms with van der Waals surface area (Å²) >= 11 is 7.15. The van der Waals surface area contributed by atoms with Crippen LogP contribution >= 0.6 is 22.9 Å². The summed E-state index contributed by atoms with van der Waals surface area (Å²) in [5.74, 6) is -0.776. The normalized spacial score (nSPS) is 21.2. The summed E-state index contributed by atoms with van der Waals surface area (Å²) in [5.41, 5.74) is 2.45. The highest BCUT2D eigenvalue weighted by Crippen LogP contribution is 2.32. The molecule has 2 aromatic rings. The number of ether oxygens (including phenoxy) is 1. The maximum Gasteiger partial charge on any atom is 0.261 e. The molecule has 9 heteroatoms. The Morgan fingerprint density at radius 1 is 1.31 bits per heavy atom. The van der Waals surface area contributed by atoms with E-state index in [2.05, 4.69) is 11.9 Å². The summed E-state index contributed by atoms with van der Waals surface area (Å²) in [6.07, 6.45) is 2.16. The Morgan fingerprint density at radius 3 is 2.78 bits per heavy atom. The smallest absolute Gasteiger partial charge is 0.261 e. The van der Waals surface area contributed by atoms with E-state index in [9.17, 15) is 14.4 Å². The van der Waals surface area contributed by atoms with E-state index in [0.717, 1.165) is 16.9 Å². The van der Waals surface area contributed by atoms with E-state index < -0.39 is 5.92 Å². The molecule has 32 heavy (non-hydrogen) atoms. The largest absolute Gasteiger partial charge is 0.370 e. The number of carbonyl (C=O) groups is 3. The first-order valence-electron chi connectivity index (χ1n) is 10.4. The minimum absolute atomic E-state index is 0.0611. The summed E-state index contributed by atoms with van der Waals surface area (Å²) in [7, 11) is 0. The highest BCUT2D eigenvalue weighted by molar-refractivity contribution is 7.18. The van der Waals surface area contributed by atoms with Gasteiger partial charge in [-0.2, -0.15) is 0 Å². The van der Waals surface area contributed by atoms with Gasteiger partial charge in [0, 0.05) is 24.5 Å². The zero-order chi connectivity index (χ0) is 22.8. The lowest BCUT2D eigenvalue weighted by Crippen LogP contribution is -2.42. The number of rotatable bonds is 6. The molecule has 2 aliphatic rings. The standard InChI is InChI=1S/C23H24ClN3O4S/c1-3-4-16-17(25-22(29)19-7-8-20(24)32-19)12-27(23(16)30)15-5-6-18(14(2)11-15)26-9-10-31-13-21(26)28/h3,5-8,11,16-17H,1,4,9-10,12-13H2,2H3,(H,25,29)/t16-,17+/m1/s1. The van der Waals surface area contributed by atoms with Gasteiger partial charge in [0.2, 0.25) is 5.91 Å². The zero-order valence-corrected chi connectivity index (χ0v) is 19.2. The fourth-order valence-corrected chi connectivity index (χ4v) is 5.11. The lowest BCUT2D eigenvalue weighted by molar-refractivity contribution is -0.125. The second-order valence-electron chi connectivity index (χ2n) is 7.83. The van der Waals surface area contributed by atoms with Gasteiger partial charge >= 0.3 is 0 Å². The number of benzene rings is 1. The number of halogens is 1. The number of anilines is 2. The van der Waals surface area contributed by atoms with Crippen molar-refractivity contribution in [3.63, 3.8) is 0 Å². The molecule has 0 spiro atoms. The van der Waals surface area contributed by atoms with Crippen molar-refractivity contribution in [2.75, 3.05) is 36.1 Å². The van der Waals surface area contributed by atoms with Gasteiger partial charge in [-0.1, -0.05) is 17.7 Å². The van der Waals surface area contributed by atoms with Crippen LogP contribution in [0, 0.1) is 12.8 Å². The van der Waals surface area contributed by atoms with Crippen LogP contribution in [0.5, 0.6) is 0 Å². The van der Waals surface area contributed by atoms with Crippen molar-refractivity contribution in [3.8, 4) is 0 Å². The predicted octanol–water partition coefficient (Wildman–Crippen LogP) is 3.41. The number of allylic oxidation sites excluding steroid dienone is 1. The molecule has 0 radical (unpaired) electrons. The van der Waals surface area contributed by atoms with Gasteiger partial charge in [0.25, 0.3) is 11.8 Å². The minimum atomic E-state index is -0.396. The second-order valence-corrected chi connectivity index (χ2v) is 9.55. The molecule has 0 saturated carbocycles. The van der Waals surface area contributed by atoms with E-state index in [1.807, 2.05) is 25.1 Å². The van der Waals surface area contributed by atoms with Gasteiger partial charge in [-0.3, -0.25) is 14.4 Å². The maximum absolute atomic E-state index is 13.2. The highest BCUT2D eigenvalue weighted by Gasteiger charge is 2.41. The number of hydrogen-bond acceptors (Lipinski definition) is 5. The molecule has 1 N–H and O–H groups in total. The Kier molecular flexibility index (Phi) is 6.64. The molecule has 7 nitrogen and oxygen atoms in total. The van der Waals surface area contributed by atoms with Crippen LogP contribution in [-0.4, -0.2) is 50.1 Å². The van der Waals surface area contributed by atoms with Gasteiger partial charge in [-0.15, -0.1) is 17.9 Å². The van der Waals surface area contributed by atoms with Gasteiger partial charge in [0.15, 0.2) is 0 Å². The van der Waals surface area contributed by atoms with Crippen molar-refractivity contribution < 1.29 is 19.1 Å². The molecular weight excluding hydrogens is 450 g/mol. The molecule has 168 valence electrons. The molecule has 1 aromatic carbocycles. The molecule has 0 unspecified atom stereocenters. The van der Waals surface area contributed by atoms with Gasteiger partial charge in [-0.05, 0) is 49.2 Å². The Morgan fingerprint density at radius 2 is 2.12 bits per heavy atom. The molecule has 3 heterocycles. The lowest BCUT2D eigenvalue weighted by Gasteiger charge is -2.29.